The van der Waals surface area contributed by atoms with Crippen LogP contribution in [0.4, 0.5) is 0 Å². The predicted octanol–water partition coefficient (Wildman–Crippen LogP) is 2.96. The number of ether oxygens (including phenoxy) is 1. The Bertz CT molecular complexity index is 472. The molecule has 0 spiro atoms. The van der Waals surface area contributed by atoms with Gasteiger partial charge in [-0.2, -0.15) is 0 Å². The number of fused-ring (bicyclic) bond motifs is 2. The molecular weight excluding hydrogens is 236 g/mol. The van der Waals surface area contributed by atoms with Gasteiger partial charge < -0.3 is 9.84 Å². The highest BCUT2D eigenvalue weighted by atomic mass is 16.5. The Morgan fingerprint density at radius 3 is 2.95 bits per heavy atom. The second-order valence-corrected chi connectivity index (χ2v) is 6.48. The Balaban J connectivity index is 1.35. The van der Waals surface area contributed by atoms with E-state index in [9.17, 15) is 5.11 Å². The van der Waals surface area contributed by atoms with Crippen molar-refractivity contribution in [2.24, 2.45) is 17.8 Å². The van der Waals surface area contributed by atoms with E-state index in [4.69, 9.17) is 4.74 Å². The zero-order chi connectivity index (χ0) is 12.8. The molecule has 0 radical (unpaired) electrons. The quantitative estimate of drug-likeness (QED) is 0.899. The van der Waals surface area contributed by atoms with Crippen LogP contribution in [0.15, 0.2) is 18.2 Å². The number of benzene rings is 1. The molecule has 0 aromatic heterocycles. The van der Waals surface area contributed by atoms with E-state index in [0.29, 0.717) is 5.92 Å². The fraction of sp³-hybridized carbons (Fsp3) is 0.647. The number of hydrogen-bond donors (Lipinski definition) is 1. The van der Waals surface area contributed by atoms with Crippen LogP contribution in [-0.2, 0) is 12.8 Å². The lowest BCUT2D eigenvalue weighted by molar-refractivity contribution is 0.126. The summed E-state index contributed by atoms with van der Waals surface area (Å²) < 4.78 is 5.53. The summed E-state index contributed by atoms with van der Waals surface area (Å²) in [7, 11) is 0. The Morgan fingerprint density at radius 2 is 2.11 bits per heavy atom. The molecule has 0 saturated heterocycles. The SMILES string of the molecule is OC(CCc1ccc2c(c1)CCO2)C1C2CCCC21. The standard InChI is InChI=1S/C17H22O2/c18-15(17-13-2-1-3-14(13)17)6-4-11-5-7-16-12(10-11)8-9-19-16/h5,7,10,13-15,17-18H,1-4,6,8-9H2. The van der Waals surface area contributed by atoms with Gasteiger partial charge in [0, 0.05) is 6.42 Å². The minimum absolute atomic E-state index is 0.0696. The highest BCUT2D eigenvalue weighted by molar-refractivity contribution is 5.39. The minimum atomic E-state index is -0.0696. The molecule has 2 heteroatoms. The summed E-state index contributed by atoms with van der Waals surface area (Å²) >= 11 is 0. The van der Waals surface area contributed by atoms with E-state index in [-0.39, 0.29) is 6.10 Å². The molecule has 2 fully saturated rings. The lowest BCUT2D eigenvalue weighted by Crippen LogP contribution is -2.14. The molecule has 4 rings (SSSR count). The monoisotopic (exact) mass is 258 g/mol. The Hall–Kier alpha value is -1.02. The summed E-state index contributed by atoms with van der Waals surface area (Å²) in [6.07, 6.45) is 7.02. The van der Waals surface area contributed by atoms with Crippen molar-refractivity contribution >= 4 is 0 Å². The van der Waals surface area contributed by atoms with Crippen molar-refractivity contribution in [3.05, 3.63) is 29.3 Å². The van der Waals surface area contributed by atoms with Gasteiger partial charge in [-0.05, 0) is 60.6 Å². The first-order valence-corrected chi connectivity index (χ1v) is 7.75. The van der Waals surface area contributed by atoms with Gasteiger partial charge in [-0.15, -0.1) is 0 Å². The lowest BCUT2D eigenvalue weighted by atomic mass is 9.98. The molecule has 2 saturated carbocycles. The molecule has 1 heterocycles. The fourth-order valence-electron chi connectivity index (χ4n) is 4.35. The van der Waals surface area contributed by atoms with E-state index in [1.807, 2.05) is 0 Å². The molecule has 2 nitrogen and oxygen atoms in total. The van der Waals surface area contributed by atoms with Crippen LogP contribution in [0.3, 0.4) is 0 Å². The highest BCUT2D eigenvalue weighted by Crippen LogP contribution is 2.59. The molecule has 0 bridgehead atoms. The van der Waals surface area contributed by atoms with Gasteiger partial charge in [0.15, 0.2) is 0 Å². The van der Waals surface area contributed by atoms with Gasteiger partial charge in [-0.1, -0.05) is 18.6 Å². The average molecular weight is 258 g/mol. The van der Waals surface area contributed by atoms with E-state index in [0.717, 1.165) is 43.5 Å². The maximum Gasteiger partial charge on any atom is 0.122 e. The van der Waals surface area contributed by atoms with Crippen molar-refractivity contribution in [3.8, 4) is 5.75 Å². The molecule has 1 aromatic rings. The van der Waals surface area contributed by atoms with Crippen molar-refractivity contribution in [1.82, 2.24) is 0 Å². The van der Waals surface area contributed by atoms with E-state index in [2.05, 4.69) is 18.2 Å². The maximum absolute atomic E-state index is 10.3. The predicted molar refractivity (Wildman–Crippen MR) is 74.3 cm³/mol. The fourth-order valence-corrected chi connectivity index (χ4v) is 4.35. The van der Waals surface area contributed by atoms with Crippen LogP contribution in [0.1, 0.15) is 36.8 Å². The number of aryl methyl sites for hydroxylation is 1. The van der Waals surface area contributed by atoms with E-state index in [1.165, 1.54) is 30.4 Å². The van der Waals surface area contributed by atoms with Crippen LogP contribution in [0.25, 0.3) is 0 Å². The van der Waals surface area contributed by atoms with E-state index < -0.39 is 0 Å². The lowest BCUT2D eigenvalue weighted by Gasteiger charge is -2.12. The number of hydrogen-bond acceptors (Lipinski definition) is 2. The minimum Gasteiger partial charge on any atom is -0.493 e. The average Bonchev–Trinajstić information content (AvgIpc) is 2.85. The number of aliphatic hydroxyl groups is 1. The number of rotatable bonds is 4. The van der Waals surface area contributed by atoms with Gasteiger partial charge in [0.2, 0.25) is 0 Å². The summed E-state index contributed by atoms with van der Waals surface area (Å²) in [5, 5.41) is 10.3. The Labute approximate surface area is 114 Å². The first-order chi connectivity index (χ1) is 9.33. The molecule has 1 N–H and O–H groups in total. The van der Waals surface area contributed by atoms with Crippen molar-refractivity contribution in [2.75, 3.05) is 6.61 Å². The molecule has 1 aliphatic heterocycles. The molecule has 102 valence electrons. The molecule has 2 aliphatic carbocycles. The topological polar surface area (TPSA) is 29.5 Å². The third-order valence-corrected chi connectivity index (χ3v) is 5.40. The first-order valence-electron chi connectivity index (χ1n) is 7.75. The summed E-state index contributed by atoms with van der Waals surface area (Å²) in [6.45, 7) is 0.826. The van der Waals surface area contributed by atoms with E-state index in [1.54, 1.807) is 0 Å². The maximum atomic E-state index is 10.3. The summed E-state index contributed by atoms with van der Waals surface area (Å²) in [4.78, 5) is 0. The normalized spacial score (nSPS) is 32.6. The summed E-state index contributed by atoms with van der Waals surface area (Å²) in [5.74, 6) is 3.42. The zero-order valence-corrected chi connectivity index (χ0v) is 11.3. The van der Waals surface area contributed by atoms with Crippen LogP contribution in [0.5, 0.6) is 5.75 Å². The zero-order valence-electron chi connectivity index (χ0n) is 11.3. The number of aliphatic hydroxyl groups excluding tert-OH is 1. The van der Waals surface area contributed by atoms with Gasteiger partial charge >= 0.3 is 0 Å². The largest absolute Gasteiger partial charge is 0.493 e. The van der Waals surface area contributed by atoms with Crippen molar-refractivity contribution in [2.45, 2.75) is 44.6 Å². The Morgan fingerprint density at radius 1 is 1.26 bits per heavy atom. The van der Waals surface area contributed by atoms with Crippen LogP contribution >= 0.6 is 0 Å². The van der Waals surface area contributed by atoms with E-state index >= 15 is 0 Å². The Kier molecular flexibility index (Phi) is 2.80. The van der Waals surface area contributed by atoms with Crippen molar-refractivity contribution < 1.29 is 9.84 Å². The van der Waals surface area contributed by atoms with Gasteiger partial charge in [-0.3, -0.25) is 0 Å². The molecule has 3 aliphatic rings. The van der Waals surface area contributed by atoms with Crippen molar-refractivity contribution in [1.29, 1.82) is 0 Å². The van der Waals surface area contributed by atoms with Gasteiger partial charge in [0.25, 0.3) is 0 Å². The van der Waals surface area contributed by atoms with Gasteiger partial charge in [0.1, 0.15) is 5.75 Å². The second-order valence-electron chi connectivity index (χ2n) is 6.48. The first kappa shape index (κ1) is 11.8. The molecule has 3 atom stereocenters. The summed E-state index contributed by atoms with van der Waals surface area (Å²) in [5.41, 5.74) is 2.70. The molecule has 0 amide bonds. The molecule has 19 heavy (non-hydrogen) atoms. The third kappa shape index (κ3) is 2.06. The summed E-state index contributed by atoms with van der Waals surface area (Å²) in [6, 6.07) is 6.52. The van der Waals surface area contributed by atoms with Crippen LogP contribution < -0.4 is 4.74 Å². The third-order valence-electron chi connectivity index (χ3n) is 5.40. The molecule has 3 unspecified atom stereocenters. The molecule has 1 aromatic carbocycles. The smallest absolute Gasteiger partial charge is 0.122 e. The van der Waals surface area contributed by atoms with Gasteiger partial charge in [0.05, 0.1) is 12.7 Å². The molecular formula is C17H22O2. The van der Waals surface area contributed by atoms with Crippen LogP contribution in [0, 0.1) is 17.8 Å². The highest BCUT2D eigenvalue weighted by Gasteiger charge is 2.55. The van der Waals surface area contributed by atoms with Crippen LogP contribution in [-0.4, -0.2) is 17.8 Å². The van der Waals surface area contributed by atoms with Gasteiger partial charge in [-0.25, -0.2) is 0 Å². The second kappa shape index (κ2) is 4.52. The van der Waals surface area contributed by atoms with Crippen LogP contribution in [0.2, 0.25) is 0 Å². The van der Waals surface area contributed by atoms with Crippen molar-refractivity contribution in [3.63, 3.8) is 0 Å².